The van der Waals surface area contributed by atoms with E-state index >= 15 is 4.79 Å². The average molecular weight is 718 g/mol. The van der Waals surface area contributed by atoms with E-state index in [2.05, 4.69) is 44.9 Å². The van der Waals surface area contributed by atoms with Gasteiger partial charge in [0.05, 0.1) is 26.3 Å². The van der Waals surface area contributed by atoms with Crippen LogP contribution in [-0.4, -0.2) is 61.0 Å². The van der Waals surface area contributed by atoms with Gasteiger partial charge in [-0.25, -0.2) is 0 Å². The minimum atomic E-state index is -1.17. The number of fused-ring (bicyclic) bond motifs is 1. The van der Waals surface area contributed by atoms with E-state index in [1.807, 2.05) is 104 Å². The van der Waals surface area contributed by atoms with E-state index in [-0.39, 0.29) is 25.0 Å². The highest BCUT2D eigenvalue weighted by atomic mass is 127. The molecule has 8 heteroatoms. The van der Waals surface area contributed by atoms with Gasteiger partial charge in [-0.2, -0.15) is 0 Å². The van der Waals surface area contributed by atoms with Crippen LogP contribution >= 0.6 is 22.6 Å². The highest BCUT2D eigenvalue weighted by Crippen LogP contribution is 2.50. The molecule has 0 saturated heterocycles. The van der Waals surface area contributed by atoms with Gasteiger partial charge in [0.15, 0.2) is 0 Å². The van der Waals surface area contributed by atoms with Crippen LogP contribution in [0.5, 0.6) is 5.75 Å². The van der Waals surface area contributed by atoms with Gasteiger partial charge in [-0.15, -0.1) is 0 Å². The van der Waals surface area contributed by atoms with Crippen molar-refractivity contribution in [3.8, 4) is 5.75 Å². The number of carbonyl (C=O) groups is 2. The molecule has 0 spiro atoms. The summed E-state index contributed by atoms with van der Waals surface area (Å²) in [6.45, 7) is 1.48. The third kappa shape index (κ3) is 6.78. The number of halogens is 1. The lowest BCUT2D eigenvalue weighted by molar-refractivity contribution is -0.130. The Morgan fingerprint density at radius 2 is 1.62 bits per heavy atom. The van der Waals surface area contributed by atoms with Crippen LogP contribution in [0.2, 0.25) is 0 Å². The van der Waals surface area contributed by atoms with E-state index in [1.165, 1.54) is 0 Å². The molecule has 7 nitrogen and oxygen atoms in total. The summed E-state index contributed by atoms with van der Waals surface area (Å²) in [5.41, 5.74) is 3.51. The van der Waals surface area contributed by atoms with Gasteiger partial charge in [0.1, 0.15) is 11.2 Å². The maximum absolute atomic E-state index is 15.0. The molecule has 234 valence electrons. The summed E-state index contributed by atoms with van der Waals surface area (Å²) in [5, 5.41) is 13.1. The van der Waals surface area contributed by atoms with Crippen LogP contribution in [0.4, 0.5) is 0 Å². The molecule has 4 aromatic rings. The van der Waals surface area contributed by atoms with Crippen LogP contribution in [-0.2, 0) is 29.8 Å². The first kappa shape index (κ1) is 32.7. The fraction of sp³-hybridized carbons (Fsp3) is 0.297. The molecule has 5 rings (SSSR count). The third-order valence-electron chi connectivity index (χ3n) is 8.59. The van der Waals surface area contributed by atoms with Gasteiger partial charge < -0.3 is 25.0 Å². The van der Waals surface area contributed by atoms with Gasteiger partial charge >= 0.3 is 0 Å². The van der Waals surface area contributed by atoms with Gasteiger partial charge in [-0.3, -0.25) is 9.59 Å². The van der Waals surface area contributed by atoms with Gasteiger partial charge in [-0.1, -0.05) is 78.9 Å². The molecule has 2 amide bonds. The summed E-state index contributed by atoms with van der Waals surface area (Å²) in [6.07, 6.45) is 1.17. The molecule has 45 heavy (non-hydrogen) atoms. The lowest BCUT2D eigenvalue weighted by Gasteiger charge is -2.50. The lowest BCUT2D eigenvalue weighted by Crippen LogP contribution is -2.59. The zero-order valence-electron chi connectivity index (χ0n) is 26.0. The van der Waals surface area contributed by atoms with Crippen molar-refractivity contribution in [2.45, 2.75) is 37.5 Å². The molecule has 1 aliphatic rings. The molecule has 0 saturated carbocycles. The number of carbonyl (C=O) groups excluding carboxylic acids is 2. The van der Waals surface area contributed by atoms with Crippen LogP contribution in [0.3, 0.4) is 0 Å². The number of benzene rings is 4. The first-order valence-electron chi connectivity index (χ1n) is 15.2. The molecule has 0 fully saturated rings. The Labute approximate surface area is 279 Å². The molecule has 0 aliphatic carbocycles. The molecule has 0 bridgehead atoms. The zero-order valence-corrected chi connectivity index (χ0v) is 28.2. The van der Waals surface area contributed by atoms with Crippen LogP contribution in [0, 0.1) is 3.57 Å². The molecule has 2 N–H and O–H groups in total. The fourth-order valence-electron chi connectivity index (χ4n) is 6.41. The van der Waals surface area contributed by atoms with Crippen LogP contribution in [0.1, 0.15) is 50.6 Å². The van der Waals surface area contributed by atoms with E-state index in [1.54, 1.807) is 7.11 Å². The first-order chi connectivity index (χ1) is 21.8. The fourth-order valence-corrected chi connectivity index (χ4v) is 6.99. The van der Waals surface area contributed by atoms with E-state index in [9.17, 15) is 9.90 Å². The number of hydrogen-bond acceptors (Lipinski definition) is 5. The number of nitrogens with one attached hydrogen (secondary N) is 1. The molecular weight excluding hydrogens is 677 g/mol. The topological polar surface area (TPSA) is 82.1 Å². The molecule has 1 aliphatic heterocycles. The largest absolute Gasteiger partial charge is 0.496 e. The quantitative estimate of drug-likeness (QED) is 0.145. The van der Waals surface area contributed by atoms with Crippen molar-refractivity contribution in [3.05, 3.63) is 134 Å². The van der Waals surface area contributed by atoms with E-state index in [0.717, 1.165) is 38.8 Å². The van der Waals surface area contributed by atoms with Gasteiger partial charge in [-0.05, 0) is 96.5 Å². The van der Waals surface area contributed by atoms with Gasteiger partial charge in [0.25, 0.3) is 5.91 Å². The van der Waals surface area contributed by atoms with Crippen molar-refractivity contribution in [1.82, 2.24) is 15.1 Å². The normalized spacial score (nSPS) is 17.7. The Morgan fingerprint density at radius 3 is 2.31 bits per heavy atom. The van der Waals surface area contributed by atoms with Crippen molar-refractivity contribution < 1.29 is 19.4 Å². The smallest absolute Gasteiger partial charge is 0.255 e. The lowest BCUT2D eigenvalue weighted by atomic mass is 9.63. The number of ether oxygens (including phenoxy) is 1. The number of nitrogens with zero attached hydrogens (tertiary/aromatic N) is 2. The second kappa shape index (κ2) is 14.6. The number of para-hydroxylation sites is 1. The summed E-state index contributed by atoms with van der Waals surface area (Å²) in [7, 11) is 5.66. The predicted molar refractivity (Wildman–Crippen MR) is 185 cm³/mol. The van der Waals surface area contributed by atoms with Crippen molar-refractivity contribution in [1.29, 1.82) is 0 Å². The van der Waals surface area contributed by atoms with Gasteiger partial charge in [0, 0.05) is 21.2 Å². The minimum absolute atomic E-state index is 0.0998. The maximum atomic E-state index is 15.0. The Balaban J connectivity index is 1.77. The molecule has 0 aromatic heterocycles. The number of methoxy groups -OCH3 is 1. The Hall–Kier alpha value is -3.73. The Morgan fingerprint density at radius 1 is 0.956 bits per heavy atom. The van der Waals surface area contributed by atoms with E-state index in [4.69, 9.17) is 4.74 Å². The average Bonchev–Trinajstić information content (AvgIpc) is 3.06. The highest BCUT2D eigenvalue weighted by Gasteiger charge is 2.56. The molecule has 0 radical (unpaired) electrons. The van der Waals surface area contributed by atoms with E-state index < -0.39 is 11.5 Å². The van der Waals surface area contributed by atoms with Crippen molar-refractivity contribution in [2.75, 3.05) is 34.3 Å². The number of hydrogen-bond donors (Lipinski definition) is 2. The third-order valence-corrected chi connectivity index (χ3v) is 9.64. The van der Waals surface area contributed by atoms with E-state index in [0.29, 0.717) is 29.8 Å². The molecule has 2 atom stereocenters. The predicted octanol–water partition coefficient (Wildman–Crippen LogP) is 5.74. The Kier molecular flexibility index (Phi) is 10.6. The SMILES string of the molecule is COc1ccccc1CN1C(=O)c2ccccc2[C@](Cc2ccccc2I)(C(=O)NCCCN(C)C)[C@@H]1c1ccc(CO)cc1. The maximum Gasteiger partial charge on any atom is 0.255 e. The zero-order chi connectivity index (χ0) is 32.0. The summed E-state index contributed by atoms with van der Waals surface area (Å²) in [6, 6.07) is 30.3. The summed E-state index contributed by atoms with van der Waals surface area (Å²) in [4.78, 5) is 33.6. The van der Waals surface area contributed by atoms with Crippen LogP contribution in [0.25, 0.3) is 0 Å². The minimum Gasteiger partial charge on any atom is -0.496 e. The monoisotopic (exact) mass is 717 g/mol. The molecule has 0 unspecified atom stereocenters. The van der Waals surface area contributed by atoms with Crippen LogP contribution < -0.4 is 10.1 Å². The molecule has 4 aromatic carbocycles. The second-order valence-electron chi connectivity index (χ2n) is 11.7. The summed E-state index contributed by atoms with van der Waals surface area (Å²) >= 11 is 2.33. The summed E-state index contributed by atoms with van der Waals surface area (Å²) in [5.74, 6) is 0.406. The number of aliphatic hydroxyl groups excluding tert-OH is 1. The van der Waals surface area contributed by atoms with Crippen molar-refractivity contribution >= 4 is 34.4 Å². The number of rotatable bonds is 12. The van der Waals surface area contributed by atoms with Crippen LogP contribution in [0.15, 0.2) is 97.1 Å². The number of amides is 2. The highest BCUT2D eigenvalue weighted by molar-refractivity contribution is 14.1. The van der Waals surface area contributed by atoms with Gasteiger partial charge in [0.2, 0.25) is 5.91 Å². The molecule has 1 heterocycles. The summed E-state index contributed by atoms with van der Waals surface area (Å²) < 4.78 is 6.76. The first-order valence-corrected chi connectivity index (χ1v) is 16.3. The van der Waals surface area contributed by atoms with Crippen molar-refractivity contribution in [3.63, 3.8) is 0 Å². The Bertz CT molecular complexity index is 1640. The molecular formula is C37H40IN3O4. The number of aliphatic hydroxyl groups is 1. The second-order valence-corrected chi connectivity index (χ2v) is 12.9. The standard InChI is InChI=1S/C37H40IN3O4/c1-40(2)22-10-21-39-36(44)37(23-28-11-4-8-15-32(28)38)31-14-7-6-13-30(31)35(43)41(24-29-12-5-9-16-33(29)45-3)34(37)27-19-17-26(25-42)18-20-27/h4-9,11-20,34,42H,10,21-25H2,1-3H3,(H,39,44)/t34-,37-/m0/s1. The van der Waals surface area contributed by atoms with Crippen molar-refractivity contribution in [2.24, 2.45) is 0 Å².